The lowest BCUT2D eigenvalue weighted by Gasteiger charge is -2.11. The largest absolute Gasteiger partial charge is 0.496 e. The molecule has 0 spiro atoms. The number of ether oxygens (including phenoxy) is 3. The number of carbonyl (C=O) groups excluding carboxylic acids is 1. The van der Waals surface area contributed by atoms with Gasteiger partial charge in [0, 0.05) is 11.6 Å². The Hall–Kier alpha value is -2.73. The summed E-state index contributed by atoms with van der Waals surface area (Å²) >= 11 is 5.97. The first kappa shape index (κ1) is 17.6. The third kappa shape index (κ3) is 3.97. The minimum Gasteiger partial charge on any atom is -0.496 e. The van der Waals surface area contributed by atoms with Crippen molar-refractivity contribution >= 4 is 23.7 Å². The number of benzene rings is 2. The van der Waals surface area contributed by atoms with Crippen LogP contribution in [0.2, 0.25) is 5.02 Å². The highest BCUT2D eigenvalue weighted by atomic mass is 35.5. The number of carbonyl (C=O) groups is 1. The standard InChI is InChI=1S/C17H17ClN2O4/c1-22-14-9-16(24-3)15(23-2)8-11(14)10-19-20-17(21)12-6-4-5-7-13(12)18/h4-10H,1-3H3,(H,20,21)/b19-10+. The van der Waals surface area contributed by atoms with E-state index in [1.807, 2.05) is 0 Å². The summed E-state index contributed by atoms with van der Waals surface area (Å²) in [5.74, 6) is 1.18. The van der Waals surface area contributed by atoms with E-state index >= 15 is 0 Å². The second kappa shape index (κ2) is 8.21. The van der Waals surface area contributed by atoms with Crippen molar-refractivity contribution in [1.82, 2.24) is 5.43 Å². The molecule has 0 saturated carbocycles. The maximum Gasteiger partial charge on any atom is 0.272 e. The Balaban J connectivity index is 2.19. The molecule has 0 bridgehead atoms. The third-order valence-electron chi connectivity index (χ3n) is 3.22. The highest BCUT2D eigenvalue weighted by Gasteiger charge is 2.11. The normalized spacial score (nSPS) is 10.5. The number of hydrazone groups is 1. The molecule has 6 nitrogen and oxygen atoms in total. The van der Waals surface area contributed by atoms with Gasteiger partial charge in [0.2, 0.25) is 0 Å². The number of nitrogens with one attached hydrogen (secondary N) is 1. The molecule has 126 valence electrons. The lowest BCUT2D eigenvalue weighted by molar-refractivity contribution is 0.0955. The lowest BCUT2D eigenvalue weighted by atomic mass is 10.2. The minimum atomic E-state index is -0.406. The Morgan fingerprint density at radius 2 is 1.67 bits per heavy atom. The molecule has 0 aromatic heterocycles. The van der Waals surface area contributed by atoms with Crippen molar-refractivity contribution in [3.63, 3.8) is 0 Å². The van der Waals surface area contributed by atoms with Gasteiger partial charge in [0.1, 0.15) is 5.75 Å². The van der Waals surface area contributed by atoms with Gasteiger partial charge in [-0.1, -0.05) is 23.7 Å². The summed E-state index contributed by atoms with van der Waals surface area (Å²) in [5, 5.41) is 4.29. The fourth-order valence-corrected chi connectivity index (χ4v) is 2.24. The van der Waals surface area contributed by atoms with Crippen LogP contribution in [-0.2, 0) is 0 Å². The van der Waals surface area contributed by atoms with Crippen LogP contribution in [0.4, 0.5) is 0 Å². The van der Waals surface area contributed by atoms with Crippen LogP contribution in [0.15, 0.2) is 41.5 Å². The monoisotopic (exact) mass is 348 g/mol. The number of methoxy groups -OCH3 is 3. The molecule has 0 atom stereocenters. The second-order valence-electron chi connectivity index (χ2n) is 4.63. The zero-order chi connectivity index (χ0) is 17.5. The van der Waals surface area contributed by atoms with Crippen LogP contribution in [0.5, 0.6) is 17.2 Å². The maximum absolute atomic E-state index is 12.0. The summed E-state index contributed by atoms with van der Waals surface area (Å²) in [4.78, 5) is 12.0. The molecule has 2 aromatic rings. The highest BCUT2D eigenvalue weighted by Crippen LogP contribution is 2.33. The Kier molecular flexibility index (Phi) is 6.03. The number of nitrogens with zero attached hydrogens (tertiary/aromatic N) is 1. The molecule has 1 amide bonds. The van der Waals surface area contributed by atoms with Gasteiger partial charge in [0.25, 0.3) is 5.91 Å². The fourth-order valence-electron chi connectivity index (χ4n) is 2.02. The quantitative estimate of drug-likeness (QED) is 0.643. The van der Waals surface area contributed by atoms with E-state index in [0.29, 0.717) is 33.4 Å². The molecule has 0 saturated heterocycles. The van der Waals surface area contributed by atoms with Crippen LogP contribution in [0.3, 0.4) is 0 Å². The van der Waals surface area contributed by atoms with Crippen molar-refractivity contribution in [3.8, 4) is 17.2 Å². The van der Waals surface area contributed by atoms with Gasteiger partial charge in [0.05, 0.1) is 38.1 Å². The topological polar surface area (TPSA) is 69.2 Å². The van der Waals surface area contributed by atoms with E-state index in [0.717, 1.165) is 0 Å². The van der Waals surface area contributed by atoms with E-state index in [2.05, 4.69) is 10.5 Å². The van der Waals surface area contributed by atoms with E-state index in [-0.39, 0.29) is 0 Å². The van der Waals surface area contributed by atoms with Gasteiger partial charge in [-0.15, -0.1) is 0 Å². The molecule has 0 aliphatic heterocycles. The van der Waals surface area contributed by atoms with E-state index in [4.69, 9.17) is 25.8 Å². The maximum atomic E-state index is 12.0. The van der Waals surface area contributed by atoms with Gasteiger partial charge in [0.15, 0.2) is 11.5 Å². The fraction of sp³-hybridized carbons (Fsp3) is 0.176. The molecular weight excluding hydrogens is 332 g/mol. The van der Waals surface area contributed by atoms with E-state index in [9.17, 15) is 4.79 Å². The summed E-state index contributed by atoms with van der Waals surface area (Å²) in [6.07, 6.45) is 1.45. The van der Waals surface area contributed by atoms with Gasteiger partial charge in [-0.05, 0) is 18.2 Å². The lowest BCUT2D eigenvalue weighted by Crippen LogP contribution is -2.18. The summed E-state index contributed by atoms with van der Waals surface area (Å²) < 4.78 is 15.7. The molecule has 0 aliphatic carbocycles. The zero-order valence-electron chi connectivity index (χ0n) is 13.5. The van der Waals surface area contributed by atoms with Crippen molar-refractivity contribution in [2.24, 2.45) is 5.10 Å². The van der Waals surface area contributed by atoms with Gasteiger partial charge in [-0.2, -0.15) is 5.10 Å². The predicted molar refractivity (Wildman–Crippen MR) is 92.6 cm³/mol. The first-order chi connectivity index (χ1) is 11.6. The number of halogens is 1. The number of hydrogen-bond acceptors (Lipinski definition) is 5. The van der Waals surface area contributed by atoms with Crippen LogP contribution in [-0.4, -0.2) is 33.5 Å². The summed E-state index contributed by atoms with van der Waals surface area (Å²) in [6, 6.07) is 10.1. The molecule has 2 aromatic carbocycles. The van der Waals surface area contributed by atoms with E-state index < -0.39 is 5.91 Å². The van der Waals surface area contributed by atoms with Crippen LogP contribution >= 0.6 is 11.6 Å². The van der Waals surface area contributed by atoms with Crippen molar-refractivity contribution in [2.75, 3.05) is 21.3 Å². The van der Waals surface area contributed by atoms with Crippen LogP contribution in [0.1, 0.15) is 15.9 Å². The SMILES string of the molecule is COc1cc(OC)c(OC)cc1/C=N/NC(=O)c1ccccc1Cl. The van der Waals surface area contributed by atoms with E-state index in [1.54, 1.807) is 36.4 Å². The Morgan fingerprint density at radius 3 is 2.29 bits per heavy atom. The van der Waals surface area contributed by atoms with Gasteiger partial charge < -0.3 is 14.2 Å². The van der Waals surface area contributed by atoms with Crippen molar-refractivity contribution in [2.45, 2.75) is 0 Å². The van der Waals surface area contributed by atoms with Crippen LogP contribution in [0.25, 0.3) is 0 Å². The van der Waals surface area contributed by atoms with Gasteiger partial charge in [-0.3, -0.25) is 4.79 Å². The zero-order valence-corrected chi connectivity index (χ0v) is 14.3. The molecule has 2 rings (SSSR count). The summed E-state index contributed by atoms with van der Waals surface area (Å²) in [5.41, 5.74) is 3.39. The molecule has 0 aliphatic rings. The third-order valence-corrected chi connectivity index (χ3v) is 3.55. The molecule has 24 heavy (non-hydrogen) atoms. The summed E-state index contributed by atoms with van der Waals surface area (Å²) in [6.45, 7) is 0. The first-order valence-electron chi connectivity index (χ1n) is 6.98. The highest BCUT2D eigenvalue weighted by molar-refractivity contribution is 6.33. The number of hydrogen-bond donors (Lipinski definition) is 1. The van der Waals surface area contributed by atoms with Crippen molar-refractivity contribution in [3.05, 3.63) is 52.5 Å². The molecule has 0 heterocycles. The van der Waals surface area contributed by atoms with Crippen LogP contribution in [0, 0.1) is 0 Å². The smallest absolute Gasteiger partial charge is 0.272 e. The van der Waals surface area contributed by atoms with Gasteiger partial charge in [-0.25, -0.2) is 5.43 Å². The average Bonchev–Trinajstić information content (AvgIpc) is 2.61. The molecule has 0 fully saturated rings. The number of amides is 1. The Morgan fingerprint density at radius 1 is 1.04 bits per heavy atom. The van der Waals surface area contributed by atoms with Crippen molar-refractivity contribution < 1.29 is 19.0 Å². The Labute approximate surface area is 145 Å². The summed E-state index contributed by atoms with van der Waals surface area (Å²) in [7, 11) is 4.60. The molecule has 0 unspecified atom stereocenters. The molecular formula is C17H17ClN2O4. The van der Waals surface area contributed by atoms with E-state index in [1.165, 1.54) is 27.5 Å². The minimum absolute atomic E-state index is 0.343. The molecule has 0 radical (unpaired) electrons. The average molecular weight is 349 g/mol. The second-order valence-corrected chi connectivity index (χ2v) is 5.04. The first-order valence-corrected chi connectivity index (χ1v) is 7.36. The molecule has 7 heteroatoms. The van der Waals surface area contributed by atoms with Crippen LogP contribution < -0.4 is 19.6 Å². The predicted octanol–water partition coefficient (Wildman–Crippen LogP) is 3.13. The van der Waals surface area contributed by atoms with Gasteiger partial charge >= 0.3 is 0 Å². The molecule has 1 N–H and O–H groups in total. The van der Waals surface area contributed by atoms with Crippen molar-refractivity contribution in [1.29, 1.82) is 0 Å². The number of rotatable bonds is 6. The Bertz CT molecular complexity index is 762.